The number of rotatable bonds is 2. The molecule has 1 unspecified atom stereocenters. The average molecular weight is 285 g/mol. The van der Waals surface area contributed by atoms with E-state index in [1.54, 1.807) is 11.3 Å². The Labute approximate surface area is 115 Å². The van der Waals surface area contributed by atoms with E-state index in [0.717, 1.165) is 19.3 Å². The third-order valence-electron chi connectivity index (χ3n) is 4.18. The topological polar surface area (TPSA) is 48.1 Å². The summed E-state index contributed by atoms with van der Waals surface area (Å²) < 4.78 is 6.49. The van der Waals surface area contributed by atoms with Crippen LogP contribution in [0.5, 0.6) is 0 Å². The molecule has 5 heteroatoms. The molecule has 1 aliphatic carbocycles. The molecule has 2 rings (SSSR count). The van der Waals surface area contributed by atoms with Crippen molar-refractivity contribution in [2.45, 2.75) is 64.3 Å². The molecule has 0 saturated carbocycles. The number of nitrogens with zero attached hydrogens (tertiary/aromatic N) is 1. The van der Waals surface area contributed by atoms with Crippen molar-refractivity contribution < 1.29 is 4.43 Å². The second-order valence-corrected chi connectivity index (χ2v) is 12.5. The maximum absolute atomic E-state index is 6.49. The first-order chi connectivity index (χ1) is 8.19. The fourth-order valence-corrected chi connectivity index (χ4v) is 4.39. The highest BCUT2D eigenvalue weighted by atomic mass is 32.1. The number of nitrogens with two attached hydrogens (primary N) is 1. The predicted octanol–water partition coefficient (Wildman–Crippen LogP) is 3.60. The maximum atomic E-state index is 6.49. The van der Waals surface area contributed by atoms with Crippen LogP contribution in [0.15, 0.2) is 0 Å². The van der Waals surface area contributed by atoms with Gasteiger partial charge in [-0.05, 0) is 31.0 Å². The first kappa shape index (κ1) is 14.0. The highest BCUT2D eigenvalue weighted by Gasteiger charge is 2.39. The number of hydrogen-bond acceptors (Lipinski definition) is 4. The van der Waals surface area contributed by atoms with E-state index in [9.17, 15) is 0 Å². The van der Waals surface area contributed by atoms with Crippen molar-refractivity contribution >= 4 is 24.8 Å². The summed E-state index contributed by atoms with van der Waals surface area (Å²) in [6, 6.07) is 0. The molecule has 1 aromatic rings. The van der Waals surface area contributed by atoms with Gasteiger partial charge in [0.1, 0.15) is 0 Å². The normalized spacial score (nSPS) is 20.8. The summed E-state index contributed by atoms with van der Waals surface area (Å²) in [6.45, 7) is 11.5. The van der Waals surface area contributed by atoms with Gasteiger partial charge in [0.2, 0.25) is 0 Å². The summed E-state index contributed by atoms with van der Waals surface area (Å²) in [5, 5.41) is 0.980. The number of anilines is 1. The Bertz CT molecular complexity index is 437. The summed E-state index contributed by atoms with van der Waals surface area (Å²) in [5.41, 5.74) is 6.98. The van der Waals surface area contributed by atoms with Gasteiger partial charge in [0.15, 0.2) is 13.4 Å². The van der Waals surface area contributed by atoms with Gasteiger partial charge in [-0.2, -0.15) is 0 Å². The summed E-state index contributed by atoms with van der Waals surface area (Å²) in [5.74, 6) is 0. The van der Waals surface area contributed by atoms with Crippen LogP contribution in [-0.4, -0.2) is 19.4 Å². The summed E-state index contributed by atoms with van der Waals surface area (Å²) >= 11 is 1.63. The second kappa shape index (κ2) is 4.61. The minimum Gasteiger partial charge on any atom is -0.414 e. The highest BCUT2D eigenvalue weighted by molar-refractivity contribution is 7.15. The van der Waals surface area contributed by atoms with Crippen LogP contribution in [0.1, 0.15) is 37.8 Å². The zero-order valence-electron chi connectivity index (χ0n) is 12.0. The minimum absolute atomic E-state index is 0.278. The second-order valence-electron chi connectivity index (χ2n) is 6.66. The van der Waals surface area contributed by atoms with Gasteiger partial charge in [0.25, 0.3) is 0 Å². The number of thiazole rings is 1. The smallest absolute Gasteiger partial charge is 0.192 e. The maximum Gasteiger partial charge on any atom is 0.192 e. The van der Waals surface area contributed by atoms with E-state index in [4.69, 9.17) is 10.2 Å². The van der Waals surface area contributed by atoms with Crippen molar-refractivity contribution in [1.29, 1.82) is 0 Å². The molecule has 0 radical (unpaired) electrons. The molecule has 0 aliphatic heterocycles. The molecule has 2 N–H and O–H groups in total. The van der Waals surface area contributed by atoms with Gasteiger partial charge in [-0.15, -0.1) is 11.3 Å². The van der Waals surface area contributed by atoms with Crippen molar-refractivity contribution in [2.24, 2.45) is 0 Å². The first-order valence-electron chi connectivity index (χ1n) is 6.61. The van der Waals surface area contributed by atoms with Gasteiger partial charge in [-0.1, -0.05) is 20.8 Å². The molecular formula is C13H24N2OSSi. The Morgan fingerprint density at radius 2 is 2.06 bits per heavy atom. The Morgan fingerprint density at radius 1 is 1.39 bits per heavy atom. The van der Waals surface area contributed by atoms with Crippen molar-refractivity contribution in [2.75, 3.05) is 5.73 Å². The summed E-state index contributed by atoms with van der Waals surface area (Å²) in [4.78, 5) is 5.72. The lowest BCUT2D eigenvalue weighted by Crippen LogP contribution is -2.45. The zero-order chi connectivity index (χ0) is 13.6. The van der Waals surface area contributed by atoms with E-state index < -0.39 is 8.32 Å². The molecule has 1 atom stereocenters. The van der Waals surface area contributed by atoms with Gasteiger partial charge in [-0.25, -0.2) is 4.98 Å². The summed E-state index contributed by atoms with van der Waals surface area (Å²) in [6.07, 6.45) is 3.46. The predicted molar refractivity (Wildman–Crippen MR) is 80.6 cm³/mol. The van der Waals surface area contributed by atoms with Crippen molar-refractivity contribution in [1.82, 2.24) is 4.98 Å². The molecular weight excluding hydrogens is 260 g/mol. The van der Waals surface area contributed by atoms with E-state index in [-0.39, 0.29) is 5.04 Å². The lowest BCUT2D eigenvalue weighted by Gasteiger charge is -2.40. The van der Waals surface area contributed by atoms with Gasteiger partial charge in [-0.3, -0.25) is 0 Å². The van der Waals surface area contributed by atoms with Gasteiger partial charge in [0, 0.05) is 11.3 Å². The van der Waals surface area contributed by atoms with Crippen LogP contribution in [0.2, 0.25) is 18.1 Å². The largest absolute Gasteiger partial charge is 0.414 e. The molecule has 0 fully saturated rings. The molecule has 18 heavy (non-hydrogen) atoms. The third kappa shape index (κ3) is 2.78. The van der Waals surface area contributed by atoms with Crippen molar-refractivity contribution in [3.63, 3.8) is 0 Å². The molecule has 3 nitrogen and oxygen atoms in total. The molecule has 102 valence electrons. The van der Waals surface area contributed by atoms with Gasteiger partial charge in [0.05, 0.1) is 11.8 Å². The number of aromatic nitrogens is 1. The Hall–Kier alpha value is -0.393. The van der Waals surface area contributed by atoms with Crippen LogP contribution in [0, 0.1) is 0 Å². The number of hydrogen-bond donors (Lipinski definition) is 1. The number of aryl methyl sites for hydroxylation is 1. The summed E-state index contributed by atoms with van der Waals surface area (Å²) in [7, 11) is -1.65. The van der Waals surface area contributed by atoms with Crippen molar-refractivity contribution in [3.8, 4) is 0 Å². The van der Waals surface area contributed by atoms with Crippen LogP contribution < -0.4 is 5.73 Å². The SMILES string of the molecule is CC(C)(C)[Si](C)(C)OC1CCc2nc(N)sc2C1. The van der Waals surface area contributed by atoms with E-state index in [1.165, 1.54) is 10.6 Å². The fourth-order valence-electron chi connectivity index (χ4n) is 2.06. The van der Waals surface area contributed by atoms with Gasteiger partial charge < -0.3 is 10.2 Å². The number of fused-ring (bicyclic) bond motifs is 1. The Kier molecular flexibility index (Phi) is 3.60. The van der Waals surface area contributed by atoms with Gasteiger partial charge >= 0.3 is 0 Å². The molecule has 1 aromatic heterocycles. The van der Waals surface area contributed by atoms with Crippen LogP contribution in [0.25, 0.3) is 0 Å². The Morgan fingerprint density at radius 3 is 2.67 bits per heavy atom. The van der Waals surface area contributed by atoms with E-state index in [0.29, 0.717) is 11.2 Å². The standard InChI is InChI=1S/C13H24N2OSSi/c1-13(2,3)18(4,5)16-9-6-7-10-11(8-9)17-12(14)15-10/h9H,6-8H2,1-5H3,(H2,14,15). The molecule has 1 aliphatic rings. The average Bonchev–Trinajstić information content (AvgIpc) is 2.54. The van der Waals surface area contributed by atoms with Crippen LogP contribution in [-0.2, 0) is 17.3 Å². The lowest BCUT2D eigenvalue weighted by atomic mass is 10.0. The molecule has 0 bridgehead atoms. The van der Waals surface area contributed by atoms with Crippen LogP contribution in [0.3, 0.4) is 0 Å². The molecule has 0 amide bonds. The highest BCUT2D eigenvalue weighted by Crippen LogP contribution is 2.39. The van der Waals surface area contributed by atoms with Crippen LogP contribution in [0.4, 0.5) is 5.13 Å². The third-order valence-corrected chi connectivity index (χ3v) is 9.66. The van der Waals surface area contributed by atoms with E-state index >= 15 is 0 Å². The van der Waals surface area contributed by atoms with Crippen molar-refractivity contribution in [3.05, 3.63) is 10.6 Å². The quantitative estimate of drug-likeness (QED) is 0.844. The molecule has 0 spiro atoms. The van der Waals surface area contributed by atoms with E-state index in [1.807, 2.05) is 0 Å². The first-order valence-corrected chi connectivity index (χ1v) is 10.3. The monoisotopic (exact) mass is 284 g/mol. The molecule has 0 aromatic carbocycles. The Balaban J connectivity index is 2.06. The fraction of sp³-hybridized carbons (Fsp3) is 0.769. The van der Waals surface area contributed by atoms with E-state index in [2.05, 4.69) is 38.8 Å². The zero-order valence-corrected chi connectivity index (χ0v) is 13.9. The molecule has 0 saturated heterocycles. The number of nitrogen functional groups attached to an aromatic ring is 1. The molecule has 1 heterocycles. The minimum atomic E-state index is -1.65. The van der Waals surface area contributed by atoms with Crippen LogP contribution >= 0.6 is 11.3 Å². The lowest BCUT2D eigenvalue weighted by molar-refractivity contribution is 0.165.